The van der Waals surface area contributed by atoms with Gasteiger partial charge in [-0.05, 0) is 43.4 Å². The van der Waals surface area contributed by atoms with Crippen LogP contribution in [0.5, 0.6) is 5.75 Å². The van der Waals surface area contributed by atoms with Gasteiger partial charge in [0.05, 0.1) is 31.7 Å². The summed E-state index contributed by atoms with van der Waals surface area (Å²) in [5.41, 5.74) is 0.751. The molecule has 130 valence electrons. The highest BCUT2D eigenvalue weighted by atomic mass is 35.5. The Hall–Kier alpha value is -1.76. The lowest BCUT2D eigenvalue weighted by Crippen LogP contribution is -2.39. The SMILES string of the molecule is COCCN(C(=S)Nc1ccc(Cl)cc1OC)[C@@H](C)c1ccco1. The van der Waals surface area contributed by atoms with Gasteiger partial charge in [0.1, 0.15) is 11.5 Å². The second-order valence-corrected chi connectivity index (χ2v) is 5.98. The van der Waals surface area contributed by atoms with Gasteiger partial charge < -0.3 is 24.1 Å². The van der Waals surface area contributed by atoms with Gasteiger partial charge in [0, 0.05) is 24.7 Å². The minimum atomic E-state index is -0.0338. The van der Waals surface area contributed by atoms with Crippen molar-refractivity contribution in [3.63, 3.8) is 0 Å². The number of nitrogens with one attached hydrogen (secondary N) is 1. The first-order chi connectivity index (χ1) is 11.6. The molecule has 0 radical (unpaired) electrons. The van der Waals surface area contributed by atoms with Crippen molar-refractivity contribution in [2.45, 2.75) is 13.0 Å². The number of anilines is 1. The third-order valence-corrected chi connectivity index (χ3v) is 4.20. The molecule has 0 spiro atoms. The predicted molar refractivity (Wildman–Crippen MR) is 99.9 cm³/mol. The topological polar surface area (TPSA) is 46.9 Å². The molecular weight excluding hydrogens is 348 g/mol. The second kappa shape index (κ2) is 8.92. The van der Waals surface area contributed by atoms with Gasteiger partial charge >= 0.3 is 0 Å². The molecule has 1 aromatic carbocycles. The van der Waals surface area contributed by atoms with Crippen LogP contribution < -0.4 is 10.1 Å². The monoisotopic (exact) mass is 368 g/mol. The van der Waals surface area contributed by atoms with Crippen LogP contribution in [0, 0.1) is 0 Å². The first-order valence-electron chi connectivity index (χ1n) is 7.50. The Bertz CT molecular complexity index is 664. The van der Waals surface area contributed by atoms with E-state index in [1.807, 2.05) is 30.0 Å². The van der Waals surface area contributed by atoms with Crippen molar-refractivity contribution >= 4 is 34.6 Å². The summed E-state index contributed by atoms with van der Waals surface area (Å²) in [6.45, 7) is 3.20. The lowest BCUT2D eigenvalue weighted by Gasteiger charge is -2.30. The van der Waals surface area contributed by atoms with Crippen molar-refractivity contribution in [1.29, 1.82) is 0 Å². The third kappa shape index (κ3) is 4.63. The van der Waals surface area contributed by atoms with Crippen LogP contribution in [0.4, 0.5) is 5.69 Å². The van der Waals surface area contributed by atoms with E-state index in [9.17, 15) is 0 Å². The number of rotatable bonds is 7. The Kier molecular flexibility index (Phi) is 6.90. The number of benzene rings is 1. The van der Waals surface area contributed by atoms with Crippen LogP contribution >= 0.6 is 23.8 Å². The Labute approximate surface area is 152 Å². The van der Waals surface area contributed by atoms with Gasteiger partial charge in [0.2, 0.25) is 0 Å². The first-order valence-corrected chi connectivity index (χ1v) is 8.29. The molecule has 1 N–H and O–H groups in total. The highest BCUT2D eigenvalue weighted by molar-refractivity contribution is 7.80. The van der Waals surface area contributed by atoms with Crippen molar-refractivity contribution < 1.29 is 13.9 Å². The van der Waals surface area contributed by atoms with Crippen molar-refractivity contribution in [2.24, 2.45) is 0 Å². The van der Waals surface area contributed by atoms with Crippen LogP contribution in [-0.4, -0.2) is 37.4 Å². The molecule has 0 unspecified atom stereocenters. The molecule has 1 atom stereocenters. The molecule has 1 aromatic heterocycles. The van der Waals surface area contributed by atoms with Crippen LogP contribution in [0.15, 0.2) is 41.0 Å². The Morgan fingerprint density at radius 3 is 2.79 bits per heavy atom. The van der Waals surface area contributed by atoms with E-state index in [4.69, 9.17) is 37.7 Å². The molecule has 0 aliphatic carbocycles. The zero-order valence-electron chi connectivity index (χ0n) is 13.9. The smallest absolute Gasteiger partial charge is 0.174 e. The lowest BCUT2D eigenvalue weighted by molar-refractivity contribution is 0.160. The van der Waals surface area contributed by atoms with Gasteiger partial charge in [-0.15, -0.1) is 0 Å². The van der Waals surface area contributed by atoms with E-state index in [2.05, 4.69) is 5.32 Å². The molecule has 0 saturated carbocycles. The second-order valence-electron chi connectivity index (χ2n) is 5.15. The van der Waals surface area contributed by atoms with Gasteiger partial charge in [0.25, 0.3) is 0 Å². The average Bonchev–Trinajstić information content (AvgIpc) is 3.11. The minimum Gasteiger partial charge on any atom is -0.495 e. The predicted octanol–water partition coefficient (Wildman–Crippen LogP) is 4.35. The van der Waals surface area contributed by atoms with E-state index < -0.39 is 0 Å². The van der Waals surface area contributed by atoms with E-state index in [0.717, 1.165) is 11.4 Å². The fourth-order valence-corrected chi connectivity index (χ4v) is 2.82. The molecule has 7 heteroatoms. The number of thiocarbonyl (C=S) groups is 1. The fourth-order valence-electron chi connectivity index (χ4n) is 2.30. The van der Waals surface area contributed by atoms with Gasteiger partial charge in [0.15, 0.2) is 5.11 Å². The van der Waals surface area contributed by atoms with E-state index in [0.29, 0.717) is 29.0 Å². The van der Waals surface area contributed by atoms with Crippen LogP contribution in [-0.2, 0) is 4.74 Å². The number of ether oxygens (including phenoxy) is 2. The maximum Gasteiger partial charge on any atom is 0.174 e. The number of furan rings is 1. The van der Waals surface area contributed by atoms with E-state index in [-0.39, 0.29) is 6.04 Å². The summed E-state index contributed by atoms with van der Waals surface area (Å²) in [4.78, 5) is 2.01. The highest BCUT2D eigenvalue weighted by Gasteiger charge is 2.21. The molecule has 0 aliphatic rings. The van der Waals surface area contributed by atoms with Crippen molar-refractivity contribution in [3.05, 3.63) is 47.4 Å². The summed E-state index contributed by atoms with van der Waals surface area (Å²) in [5.74, 6) is 1.46. The Morgan fingerprint density at radius 1 is 1.38 bits per heavy atom. The molecule has 1 heterocycles. The molecule has 0 amide bonds. The Morgan fingerprint density at radius 2 is 2.17 bits per heavy atom. The molecule has 2 aromatic rings. The molecule has 0 fully saturated rings. The van der Waals surface area contributed by atoms with Crippen LogP contribution in [0.1, 0.15) is 18.7 Å². The molecule has 5 nitrogen and oxygen atoms in total. The zero-order chi connectivity index (χ0) is 17.5. The molecule has 0 aliphatic heterocycles. The van der Waals surface area contributed by atoms with Crippen LogP contribution in [0.3, 0.4) is 0 Å². The summed E-state index contributed by atoms with van der Waals surface area (Å²) >= 11 is 11.6. The van der Waals surface area contributed by atoms with Crippen molar-refractivity contribution in [3.8, 4) is 5.75 Å². The highest BCUT2D eigenvalue weighted by Crippen LogP contribution is 2.29. The summed E-state index contributed by atoms with van der Waals surface area (Å²) in [6, 6.07) is 9.11. The maximum absolute atomic E-state index is 6.00. The lowest BCUT2D eigenvalue weighted by atomic mass is 10.2. The summed E-state index contributed by atoms with van der Waals surface area (Å²) < 4.78 is 16.1. The summed E-state index contributed by atoms with van der Waals surface area (Å²) in [6.07, 6.45) is 1.65. The maximum atomic E-state index is 6.00. The van der Waals surface area contributed by atoms with Crippen LogP contribution in [0.25, 0.3) is 0 Å². The Balaban J connectivity index is 2.18. The number of hydrogen-bond donors (Lipinski definition) is 1. The summed E-state index contributed by atoms with van der Waals surface area (Å²) in [7, 11) is 3.25. The van der Waals surface area contributed by atoms with Crippen molar-refractivity contribution in [2.75, 3.05) is 32.7 Å². The zero-order valence-corrected chi connectivity index (χ0v) is 15.5. The third-order valence-electron chi connectivity index (χ3n) is 3.62. The van der Waals surface area contributed by atoms with Gasteiger partial charge in [-0.3, -0.25) is 0 Å². The number of nitrogens with zero attached hydrogens (tertiary/aromatic N) is 1. The van der Waals surface area contributed by atoms with Crippen LogP contribution in [0.2, 0.25) is 5.02 Å². The van der Waals surface area contributed by atoms with E-state index >= 15 is 0 Å². The van der Waals surface area contributed by atoms with E-state index in [1.165, 1.54) is 0 Å². The van der Waals surface area contributed by atoms with Gasteiger partial charge in [-0.1, -0.05) is 11.6 Å². The number of methoxy groups -OCH3 is 2. The molecule has 2 rings (SSSR count). The van der Waals surface area contributed by atoms with Gasteiger partial charge in [-0.25, -0.2) is 0 Å². The molecule has 0 bridgehead atoms. The molecular formula is C17H21ClN2O3S. The molecule has 24 heavy (non-hydrogen) atoms. The number of halogens is 1. The largest absolute Gasteiger partial charge is 0.495 e. The first kappa shape index (κ1) is 18.6. The number of hydrogen-bond acceptors (Lipinski definition) is 4. The quantitative estimate of drug-likeness (QED) is 0.733. The molecule has 0 saturated heterocycles. The minimum absolute atomic E-state index is 0.0338. The van der Waals surface area contributed by atoms with E-state index in [1.54, 1.807) is 32.6 Å². The standard InChI is InChI=1S/C17H21ClN2O3S/c1-12(15-5-4-9-23-15)20(8-10-21-2)17(24)19-14-7-6-13(18)11-16(14)22-3/h4-7,9,11-12H,8,10H2,1-3H3,(H,19,24)/t12-/m0/s1. The normalized spacial score (nSPS) is 11.8. The summed E-state index contributed by atoms with van der Waals surface area (Å²) in [5, 5.41) is 4.37. The van der Waals surface area contributed by atoms with Crippen molar-refractivity contribution in [1.82, 2.24) is 4.90 Å². The average molecular weight is 369 g/mol. The van der Waals surface area contributed by atoms with Gasteiger partial charge in [-0.2, -0.15) is 0 Å². The fraction of sp³-hybridized carbons (Fsp3) is 0.353.